The Morgan fingerprint density at radius 3 is 2.75 bits per heavy atom. The summed E-state index contributed by atoms with van der Waals surface area (Å²) in [6, 6.07) is 15.5. The first kappa shape index (κ1) is 21.2. The van der Waals surface area contributed by atoms with E-state index >= 15 is 0 Å². The second-order valence-electron chi connectivity index (χ2n) is 7.60. The predicted molar refractivity (Wildman–Crippen MR) is 133 cm³/mol. The van der Waals surface area contributed by atoms with E-state index in [1.54, 1.807) is 16.3 Å². The summed E-state index contributed by atoms with van der Waals surface area (Å²) in [5, 5.41) is 4.29. The summed E-state index contributed by atoms with van der Waals surface area (Å²) >= 11 is 4.29. The van der Waals surface area contributed by atoms with Gasteiger partial charge in [-0.2, -0.15) is 0 Å². The predicted octanol–water partition coefficient (Wildman–Crippen LogP) is 4.92. The van der Waals surface area contributed by atoms with Crippen LogP contribution in [0.25, 0.3) is 15.9 Å². The third-order valence-electron chi connectivity index (χ3n) is 5.05. The third-order valence-corrected chi connectivity index (χ3v) is 8.15. The zero-order valence-electron chi connectivity index (χ0n) is 17.5. The zero-order chi connectivity index (χ0) is 22.2. The molecule has 1 N–H and O–H groups in total. The van der Waals surface area contributed by atoms with Crippen LogP contribution < -0.4 is 10.9 Å². The molecule has 0 spiro atoms. The number of thiazole rings is 1. The number of para-hydroxylation sites is 1. The van der Waals surface area contributed by atoms with Gasteiger partial charge < -0.3 is 5.32 Å². The molecular weight excluding hydrogens is 460 g/mol. The van der Waals surface area contributed by atoms with Gasteiger partial charge in [-0.05, 0) is 31.2 Å². The van der Waals surface area contributed by atoms with Gasteiger partial charge in [-0.1, -0.05) is 59.9 Å². The number of nitrogens with zero attached hydrogens (tertiary/aromatic N) is 3. The first-order valence-corrected chi connectivity index (χ1v) is 12.8. The van der Waals surface area contributed by atoms with Crippen LogP contribution in [-0.4, -0.2) is 31.4 Å². The van der Waals surface area contributed by atoms with E-state index in [1.807, 2.05) is 55.5 Å². The third kappa shape index (κ3) is 4.20. The van der Waals surface area contributed by atoms with Crippen molar-refractivity contribution in [1.82, 2.24) is 14.5 Å². The Bertz CT molecular complexity index is 1350. The van der Waals surface area contributed by atoms with Crippen molar-refractivity contribution in [2.24, 2.45) is 0 Å². The highest BCUT2D eigenvalue weighted by Crippen LogP contribution is 2.35. The number of aryl methyl sites for hydroxylation is 1. The van der Waals surface area contributed by atoms with Gasteiger partial charge in [0.25, 0.3) is 5.56 Å². The fraction of sp³-hybridized carbons (Fsp3) is 0.217. The number of carbonyl (C=O) groups excluding carboxylic acids is 1. The monoisotopic (exact) mass is 480 g/mol. The van der Waals surface area contributed by atoms with Gasteiger partial charge in [0.2, 0.25) is 5.91 Å². The molecular formula is C23H20N4O2S3. The summed E-state index contributed by atoms with van der Waals surface area (Å²) in [6.45, 7) is 4.10. The van der Waals surface area contributed by atoms with Gasteiger partial charge in [-0.15, -0.1) is 11.8 Å². The molecule has 2 aromatic heterocycles. The topological polar surface area (TPSA) is 76.9 Å². The number of amides is 1. The second-order valence-corrected chi connectivity index (χ2v) is 11.0. The Morgan fingerprint density at radius 2 is 1.97 bits per heavy atom. The molecule has 0 fully saturated rings. The Hall–Kier alpha value is -2.62. The van der Waals surface area contributed by atoms with Crippen LogP contribution in [0, 0.1) is 6.92 Å². The van der Waals surface area contributed by atoms with E-state index in [0.717, 1.165) is 33.6 Å². The highest BCUT2D eigenvalue weighted by Gasteiger charge is 2.27. The standard InChI is InChI=1S/C23H20N4O2S3/c1-13-7-9-15(10-8-13)27-21(29)20-17(11-14(2)31-20)25-23(27)30-12-19(28)26-22-24-16-5-3-4-6-18(16)32-22/h3-10,14H,11-12H2,1-2H3,(H,24,26,28). The number of carbonyl (C=O) groups is 1. The van der Waals surface area contributed by atoms with Gasteiger partial charge in [-0.25, -0.2) is 9.97 Å². The quantitative estimate of drug-likeness (QED) is 0.323. The number of hydrogen-bond donors (Lipinski definition) is 1. The minimum Gasteiger partial charge on any atom is -0.301 e. The van der Waals surface area contributed by atoms with Crippen LogP contribution in [0.3, 0.4) is 0 Å². The summed E-state index contributed by atoms with van der Waals surface area (Å²) in [6.07, 6.45) is 0.759. The molecule has 1 aliphatic heterocycles. The molecule has 1 atom stereocenters. The number of nitrogens with one attached hydrogen (secondary N) is 1. The molecule has 3 heterocycles. The molecule has 32 heavy (non-hydrogen) atoms. The first-order valence-electron chi connectivity index (χ1n) is 10.2. The molecule has 4 aromatic rings. The van der Waals surface area contributed by atoms with Crippen LogP contribution >= 0.6 is 34.9 Å². The summed E-state index contributed by atoms with van der Waals surface area (Å²) < 4.78 is 2.65. The minimum absolute atomic E-state index is 0.0673. The van der Waals surface area contributed by atoms with Crippen molar-refractivity contribution < 1.29 is 4.79 Å². The minimum atomic E-state index is -0.179. The van der Waals surface area contributed by atoms with Crippen molar-refractivity contribution in [3.05, 3.63) is 70.1 Å². The zero-order valence-corrected chi connectivity index (χ0v) is 19.9. The lowest BCUT2D eigenvalue weighted by molar-refractivity contribution is -0.113. The molecule has 2 aromatic carbocycles. The second kappa shape index (κ2) is 8.73. The molecule has 0 saturated heterocycles. The molecule has 1 unspecified atom stereocenters. The summed E-state index contributed by atoms with van der Waals surface area (Å²) in [5.41, 5.74) is 3.49. The number of rotatable bonds is 5. The largest absolute Gasteiger partial charge is 0.301 e. The van der Waals surface area contributed by atoms with Crippen LogP contribution in [0.5, 0.6) is 0 Å². The van der Waals surface area contributed by atoms with Crippen LogP contribution in [-0.2, 0) is 11.2 Å². The molecule has 1 aliphatic rings. The Morgan fingerprint density at radius 1 is 1.19 bits per heavy atom. The number of benzene rings is 2. The Kier molecular flexibility index (Phi) is 5.79. The van der Waals surface area contributed by atoms with Gasteiger partial charge in [0, 0.05) is 11.7 Å². The van der Waals surface area contributed by atoms with Gasteiger partial charge in [0.1, 0.15) is 0 Å². The average molecular weight is 481 g/mol. The van der Waals surface area contributed by atoms with Crippen molar-refractivity contribution in [3.8, 4) is 5.69 Å². The molecule has 1 amide bonds. The lowest BCUT2D eigenvalue weighted by Crippen LogP contribution is -2.24. The fourth-order valence-corrected chi connectivity index (χ4v) is 6.34. The van der Waals surface area contributed by atoms with Crippen molar-refractivity contribution >= 4 is 56.1 Å². The van der Waals surface area contributed by atoms with Crippen molar-refractivity contribution in [2.45, 2.75) is 35.6 Å². The van der Waals surface area contributed by atoms with Crippen LogP contribution in [0.4, 0.5) is 5.13 Å². The maximum atomic E-state index is 13.3. The van der Waals surface area contributed by atoms with E-state index in [1.165, 1.54) is 23.1 Å². The van der Waals surface area contributed by atoms with Crippen molar-refractivity contribution in [3.63, 3.8) is 0 Å². The molecule has 0 bridgehead atoms. The van der Waals surface area contributed by atoms with Crippen LogP contribution in [0.15, 0.2) is 63.4 Å². The molecule has 6 nitrogen and oxygen atoms in total. The first-order chi connectivity index (χ1) is 15.5. The molecule has 9 heteroatoms. The number of anilines is 1. The van der Waals surface area contributed by atoms with Gasteiger partial charge in [0.15, 0.2) is 10.3 Å². The van der Waals surface area contributed by atoms with E-state index < -0.39 is 0 Å². The molecule has 5 rings (SSSR count). The average Bonchev–Trinajstić information content (AvgIpc) is 3.35. The van der Waals surface area contributed by atoms with E-state index in [9.17, 15) is 9.59 Å². The summed E-state index contributed by atoms with van der Waals surface area (Å²) in [7, 11) is 0. The Balaban J connectivity index is 1.41. The van der Waals surface area contributed by atoms with E-state index in [2.05, 4.69) is 17.2 Å². The maximum Gasteiger partial charge on any atom is 0.272 e. The van der Waals surface area contributed by atoms with Gasteiger partial charge in [-0.3, -0.25) is 14.2 Å². The molecule has 0 aliphatic carbocycles. The number of aromatic nitrogens is 3. The summed E-state index contributed by atoms with van der Waals surface area (Å²) in [4.78, 5) is 35.9. The molecule has 0 radical (unpaired) electrons. The SMILES string of the molecule is Cc1ccc(-n2c(SCC(=O)Nc3nc4ccccc4s3)nc3c(c2=O)SC(C)C3)cc1. The normalized spacial score (nSPS) is 15.1. The van der Waals surface area contributed by atoms with E-state index in [-0.39, 0.29) is 17.2 Å². The smallest absolute Gasteiger partial charge is 0.272 e. The highest BCUT2D eigenvalue weighted by molar-refractivity contribution is 8.00. The van der Waals surface area contributed by atoms with Crippen LogP contribution in [0.2, 0.25) is 0 Å². The summed E-state index contributed by atoms with van der Waals surface area (Å²) in [5.74, 6) is -0.0441. The molecule has 0 saturated carbocycles. The fourth-order valence-electron chi connectivity index (χ4n) is 3.53. The van der Waals surface area contributed by atoms with Gasteiger partial charge >= 0.3 is 0 Å². The lowest BCUT2D eigenvalue weighted by Gasteiger charge is -2.13. The Labute approximate surface area is 197 Å². The van der Waals surface area contributed by atoms with Gasteiger partial charge in [0.05, 0.1) is 32.2 Å². The van der Waals surface area contributed by atoms with Crippen LogP contribution in [0.1, 0.15) is 18.2 Å². The maximum absolute atomic E-state index is 13.3. The van der Waals surface area contributed by atoms with E-state index in [0.29, 0.717) is 20.4 Å². The van der Waals surface area contributed by atoms with Crippen molar-refractivity contribution in [2.75, 3.05) is 11.1 Å². The number of thioether (sulfide) groups is 2. The number of fused-ring (bicyclic) bond motifs is 2. The molecule has 162 valence electrons. The van der Waals surface area contributed by atoms with Crippen molar-refractivity contribution in [1.29, 1.82) is 0 Å². The highest BCUT2D eigenvalue weighted by atomic mass is 32.2. The number of hydrogen-bond acceptors (Lipinski definition) is 7. The van der Waals surface area contributed by atoms with E-state index in [4.69, 9.17) is 4.98 Å². The lowest BCUT2D eigenvalue weighted by atomic mass is 10.2.